The number of aromatic nitrogens is 1. The van der Waals surface area contributed by atoms with Crippen LogP contribution in [-0.2, 0) is 12.0 Å². The highest BCUT2D eigenvalue weighted by Gasteiger charge is 2.42. The second kappa shape index (κ2) is 5.71. The van der Waals surface area contributed by atoms with E-state index in [0.29, 0.717) is 0 Å². The van der Waals surface area contributed by atoms with Crippen molar-refractivity contribution in [2.75, 3.05) is 19.6 Å². The Morgan fingerprint density at radius 3 is 2.76 bits per heavy atom. The molecule has 0 atom stereocenters. The second-order valence-corrected chi connectivity index (χ2v) is 8.00. The summed E-state index contributed by atoms with van der Waals surface area (Å²) in [6.07, 6.45) is 2.99. The van der Waals surface area contributed by atoms with Crippen molar-refractivity contribution in [1.82, 2.24) is 15.2 Å². The lowest BCUT2D eigenvalue weighted by Crippen LogP contribution is -2.55. The second-order valence-electron chi connectivity index (χ2n) is 7.05. The van der Waals surface area contributed by atoms with Crippen LogP contribution < -0.4 is 5.32 Å². The lowest BCUT2D eigenvalue weighted by Gasteiger charge is -2.44. The Labute approximate surface area is 150 Å². The smallest absolute Gasteiger partial charge is 0.263 e. The monoisotopic (exact) mass is 351 g/mol. The molecule has 1 spiro atoms. The van der Waals surface area contributed by atoms with Crippen LogP contribution in [0, 0.1) is 0 Å². The minimum Gasteiger partial charge on any atom is -0.357 e. The molecule has 0 saturated carbocycles. The van der Waals surface area contributed by atoms with Crippen LogP contribution in [0.4, 0.5) is 0 Å². The zero-order valence-electron chi connectivity index (χ0n) is 14.0. The average molecular weight is 351 g/mol. The van der Waals surface area contributed by atoms with Crippen LogP contribution in [0.2, 0.25) is 0 Å². The number of nitrogens with zero attached hydrogens (tertiary/aromatic N) is 1. The fraction of sp³-hybridized carbons (Fsp3) is 0.350. The highest BCUT2D eigenvalue weighted by molar-refractivity contribution is 7.12. The summed E-state index contributed by atoms with van der Waals surface area (Å²) < 4.78 is 0. The molecular weight excluding hydrogens is 330 g/mol. The van der Waals surface area contributed by atoms with Crippen LogP contribution in [0.25, 0.3) is 10.9 Å². The number of hydrogen-bond acceptors (Lipinski definition) is 3. The number of carbonyl (C=O) groups is 1. The summed E-state index contributed by atoms with van der Waals surface area (Å²) in [6, 6.07) is 12.5. The molecular formula is C20H21N3OS. The molecule has 4 nitrogen and oxygen atoms in total. The molecule has 0 aliphatic carbocycles. The van der Waals surface area contributed by atoms with E-state index in [0.717, 1.165) is 43.8 Å². The van der Waals surface area contributed by atoms with Crippen molar-refractivity contribution in [2.24, 2.45) is 0 Å². The van der Waals surface area contributed by atoms with E-state index in [9.17, 15) is 4.79 Å². The first-order valence-corrected chi connectivity index (χ1v) is 9.83. The van der Waals surface area contributed by atoms with E-state index in [1.165, 1.54) is 33.5 Å². The minimum absolute atomic E-state index is 0.0150. The molecule has 0 radical (unpaired) electrons. The van der Waals surface area contributed by atoms with Gasteiger partial charge < -0.3 is 15.2 Å². The van der Waals surface area contributed by atoms with Crippen molar-refractivity contribution in [3.05, 3.63) is 57.9 Å². The molecule has 1 aromatic carbocycles. The topological polar surface area (TPSA) is 48.1 Å². The van der Waals surface area contributed by atoms with Gasteiger partial charge in [-0.3, -0.25) is 4.79 Å². The standard InChI is InChI=1S/C20H21N3OS/c24-19(17-6-3-13-25-17)23-11-8-20(9-12-23)18-15(7-10-21-20)14-4-1-2-5-16(14)22-18/h1-6,13,21-22H,7-12H2. The number of fused-ring (bicyclic) bond motifs is 4. The number of carbonyl (C=O) groups excluding carboxylic acids is 1. The van der Waals surface area contributed by atoms with Crippen LogP contribution in [0.3, 0.4) is 0 Å². The molecule has 1 fully saturated rings. The summed E-state index contributed by atoms with van der Waals surface area (Å²) in [7, 11) is 0. The zero-order chi connectivity index (χ0) is 16.9. The summed E-state index contributed by atoms with van der Waals surface area (Å²) in [5, 5.41) is 7.11. The maximum atomic E-state index is 12.6. The van der Waals surface area contributed by atoms with Crippen molar-refractivity contribution in [1.29, 1.82) is 0 Å². The van der Waals surface area contributed by atoms with Gasteiger partial charge in [0.15, 0.2) is 0 Å². The Kier molecular flexibility index (Phi) is 3.47. The first kappa shape index (κ1) is 15.2. The molecule has 0 bridgehead atoms. The van der Waals surface area contributed by atoms with Gasteiger partial charge in [-0.2, -0.15) is 0 Å². The molecule has 5 rings (SSSR count). The van der Waals surface area contributed by atoms with Gasteiger partial charge in [0.1, 0.15) is 0 Å². The van der Waals surface area contributed by atoms with Gasteiger partial charge in [-0.15, -0.1) is 11.3 Å². The molecule has 5 heteroatoms. The van der Waals surface area contributed by atoms with Gasteiger partial charge in [0.25, 0.3) is 5.91 Å². The lowest BCUT2D eigenvalue weighted by molar-refractivity contribution is 0.0631. The molecule has 2 aliphatic heterocycles. The Morgan fingerprint density at radius 2 is 1.96 bits per heavy atom. The maximum absolute atomic E-state index is 12.6. The third-order valence-corrected chi connectivity index (χ3v) is 6.62. The van der Waals surface area contributed by atoms with E-state index >= 15 is 0 Å². The SMILES string of the molecule is O=C(c1cccs1)N1CCC2(CC1)NCCc1c2[nH]c2ccccc12. The Balaban J connectivity index is 1.44. The summed E-state index contributed by atoms with van der Waals surface area (Å²) in [4.78, 5) is 19.2. The largest absolute Gasteiger partial charge is 0.357 e. The molecule has 0 unspecified atom stereocenters. The van der Waals surface area contributed by atoms with Crippen molar-refractivity contribution >= 4 is 28.1 Å². The first-order chi connectivity index (χ1) is 12.3. The minimum atomic E-state index is -0.0150. The number of piperidine rings is 1. The number of hydrogen-bond donors (Lipinski definition) is 2. The predicted molar refractivity (Wildman–Crippen MR) is 101 cm³/mol. The molecule has 3 aromatic rings. The van der Waals surface area contributed by atoms with E-state index in [4.69, 9.17) is 0 Å². The van der Waals surface area contributed by atoms with Crippen LogP contribution in [0.15, 0.2) is 41.8 Å². The van der Waals surface area contributed by atoms with E-state index in [1.807, 2.05) is 22.4 Å². The number of para-hydroxylation sites is 1. The van der Waals surface area contributed by atoms with Gasteiger partial charge in [0, 0.05) is 36.2 Å². The molecule has 2 N–H and O–H groups in total. The fourth-order valence-corrected chi connectivity index (χ4v) is 5.15. The average Bonchev–Trinajstić information content (AvgIpc) is 3.31. The lowest BCUT2D eigenvalue weighted by atomic mass is 9.79. The van der Waals surface area contributed by atoms with Gasteiger partial charge in [-0.05, 0) is 42.3 Å². The number of amides is 1. The molecule has 2 aromatic heterocycles. The fourth-order valence-electron chi connectivity index (χ4n) is 4.46. The number of aromatic amines is 1. The van der Waals surface area contributed by atoms with E-state index < -0.39 is 0 Å². The van der Waals surface area contributed by atoms with Gasteiger partial charge >= 0.3 is 0 Å². The summed E-state index contributed by atoms with van der Waals surface area (Å²) in [5.74, 6) is 0.178. The third-order valence-electron chi connectivity index (χ3n) is 5.77. The molecule has 1 amide bonds. The number of benzene rings is 1. The first-order valence-electron chi connectivity index (χ1n) is 8.95. The molecule has 25 heavy (non-hydrogen) atoms. The van der Waals surface area contributed by atoms with Crippen molar-refractivity contribution in [3.8, 4) is 0 Å². The van der Waals surface area contributed by atoms with Gasteiger partial charge in [-0.1, -0.05) is 24.3 Å². The number of thiophene rings is 1. The quantitative estimate of drug-likeness (QED) is 0.705. The Morgan fingerprint density at radius 1 is 1.12 bits per heavy atom. The van der Waals surface area contributed by atoms with Crippen molar-refractivity contribution < 1.29 is 4.79 Å². The van der Waals surface area contributed by atoms with Crippen molar-refractivity contribution in [3.63, 3.8) is 0 Å². The van der Waals surface area contributed by atoms with Crippen LogP contribution >= 0.6 is 11.3 Å². The zero-order valence-corrected chi connectivity index (χ0v) is 14.9. The number of rotatable bonds is 1. The van der Waals surface area contributed by atoms with Crippen LogP contribution in [0.5, 0.6) is 0 Å². The van der Waals surface area contributed by atoms with Crippen LogP contribution in [-0.4, -0.2) is 35.4 Å². The van der Waals surface area contributed by atoms with Gasteiger partial charge in [0.05, 0.1) is 10.4 Å². The van der Waals surface area contributed by atoms with E-state index in [-0.39, 0.29) is 11.4 Å². The number of H-pyrrole nitrogens is 1. The van der Waals surface area contributed by atoms with Crippen LogP contribution in [0.1, 0.15) is 33.8 Å². The maximum Gasteiger partial charge on any atom is 0.263 e. The Bertz CT molecular complexity index is 920. The number of likely N-dealkylation sites (tertiary alicyclic amines) is 1. The third kappa shape index (κ3) is 2.34. The van der Waals surface area contributed by atoms with E-state index in [2.05, 4.69) is 34.6 Å². The summed E-state index contributed by atoms with van der Waals surface area (Å²) in [6.45, 7) is 2.62. The number of nitrogens with one attached hydrogen (secondary N) is 2. The summed E-state index contributed by atoms with van der Waals surface area (Å²) in [5.41, 5.74) is 4.03. The molecule has 128 valence electrons. The highest BCUT2D eigenvalue weighted by atomic mass is 32.1. The predicted octanol–water partition coefficient (Wildman–Crippen LogP) is 3.51. The van der Waals surface area contributed by atoms with Gasteiger partial charge in [0.2, 0.25) is 0 Å². The van der Waals surface area contributed by atoms with Gasteiger partial charge in [-0.25, -0.2) is 0 Å². The Hall–Kier alpha value is -2.11. The molecule has 2 aliphatic rings. The summed E-state index contributed by atoms with van der Waals surface area (Å²) >= 11 is 1.53. The molecule has 1 saturated heterocycles. The van der Waals surface area contributed by atoms with E-state index in [1.54, 1.807) is 0 Å². The highest BCUT2D eigenvalue weighted by Crippen LogP contribution is 2.40. The molecule has 4 heterocycles. The normalized spacial score (nSPS) is 19.3. The van der Waals surface area contributed by atoms with Crippen molar-refractivity contribution in [2.45, 2.75) is 24.8 Å².